The van der Waals surface area contributed by atoms with Crippen molar-refractivity contribution >= 4 is 0 Å². The first-order valence-corrected chi connectivity index (χ1v) is 12.6. The summed E-state index contributed by atoms with van der Waals surface area (Å²) in [7, 11) is 0. The van der Waals surface area contributed by atoms with E-state index < -0.39 is 0 Å². The third-order valence-electron chi connectivity index (χ3n) is 7.90. The van der Waals surface area contributed by atoms with Crippen LogP contribution in [0.3, 0.4) is 0 Å². The summed E-state index contributed by atoms with van der Waals surface area (Å²) in [6.45, 7) is 9.96. The van der Waals surface area contributed by atoms with Gasteiger partial charge in [0.2, 0.25) is 0 Å². The van der Waals surface area contributed by atoms with E-state index >= 15 is 0 Å². The zero-order valence-corrected chi connectivity index (χ0v) is 18.8. The van der Waals surface area contributed by atoms with Crippen LogP contribution >= 0.6 is 0 Å². The van der Waals surface area contributed by atoms with Crippen LogP contribution in [0.2, 0.25) is 0 Å². The van der Waals surface area contributed by atoms with Gasteiger partial charge in [0.05, 0.1) is 0 Å². The second-order valence-corrected chi connectivity index (χ2v) is 10.8. The molecule has 0 heteroatoms. The molecule has 0 N–H and O–H groups in total. The predicted octanol–water partition coefficient (Wildman–Crippen LogP) is 9.03. The minimum Gasteiger partial charge on any atom is -0.0625 e. The number of rotatable bonds is 11. The molecule has 26 heavy (non-hydrogen) atoms. The first-order valence-electron chi connectivity index (χ1n) is 12.6. The summed E-state index contributed by atoms with van der Waals surface area (Å²) in [6, 6.07) is 0. The molecule has 0 aromatic carbocycles. The fourth-order valence-electron chi connectivity index (χ4n) is 6.24. The van der Waals surface area contributed by atoms with Gasteiger partial charge in [-0.25, -0.2) is 0 Å². The van der Waals surface area contributed by atoms with E-state index in [-0.39, 0.29) is 0 Å². The Morgan fingerprint density at radius 1 is 0.769 bits per heavy atom. The summed E-state index contributed by atoms with van der Waals surface area (Å²) in [4.78, 5) is 0. The van der Waals surface area contributed by atoms with E-state index in [4.69, 9.17) is 0 Å². The summed E-state index contributed by atoms with van der Waals surface area (Å²) in [5, 5.41) is 0. The SMILES string of the molecule is CC(CCCCCCCC1CCCCC1)CC1CC(C)CCC1C(C)C. The van der Waals surface area contributed by atoms with Gasteiger partial charge in [0.25, 0.3) is 0 Å². The molecule has 0 saturated heterocycles. The first-order chi connectivity index (χ1) is 12.6. The van der Waals surface area contributed by atoms with Gasteiger partial charge in [0.15, 0.2) is 0 Å². The predicted molar refractivity (Wildman–Crippen MR) is 118 cm³/mol. The molecule has 2 saturated carbocycles. The topological polar surface area (TPSA) is 0 Å². The van der Waals surface area contributed by atoms with Crippen LogP contribution < -0.4 is 0 Å². The fraction of sp³-hybridized carbons (Fsp3) is 1.00. The maximum absolute atomic E-state index is 2.54. The van der Waals surface area contributed by atoms with Crippen LogP contribution in [0.4, 0.5) is 0 Å². The summed E-state index contributed by atoms with van der Waals surface area (Å²) in [5.41, 5.74) is 0. The van der Waals surface area contributed by atoms with Crippen LogP contribution in [0.25, 0.3) is 0 Å². The molecule has 0 heterocycles. The summed E-state index contributed by atoms with van der Waals surface area (Å²) >= 11 is 0. The Morgan fingerprint density at radius 3 is 2.19 bits per heavy atom. The van der Waals surface area contributed by atoms with Crippen LogP contribution in [-0.4, -0.2) is 0 Å². The minimum atomic E-state index is 0.892. The highest BCUT2D eigenvalue weighted by Gasteiger charge is 2.31. The second-order valence-electron chi connectivity index (χ2n) is 10.8. The lowest BCUT2D eigenvalue weighted by atomic mass is 9.67. The molecule has 2 rings (SSSR count). The largest absolute Gasteiger partial charge is 0.0625 e. The third kappa shape index (κ3) is 8.35. The minimum absolute atomic E-state index is 0.892. The van der Waals surface area contributed by atoms with Crippen molar-refractivity contribution in [2.24, 2.45) is 35.5 Å². The van der Waals surface area contributed by atoms with Gasteiger partial charge in [-0.15, -0.1) is 0 Å². The quantitative estimate of drug-likeness (QED) is 0.321. The molecule has 4 unspecified atom stereocenters. The van der Waals surface area contributed by atoms with Gasteiger partial charge in [-0.05, 0) is 54.8 Å². The van der Waals surface area contributed by atoms with E-state index in [1.165, 1.54) is 103 Å². The van der Waals surface area contributed by atoms with Crippen molar-refractivity contribution in [3.8, 4) is 0 Å². The number of hydrogen-bond donors (Lipinski definition) is 0. The Morgan fingerprint density at radius 2 is 1.46 bits per heavy atom. The maximum atomic E-state index is 2.54. The molecule has 2 fully saturated rings. The zero-order valence-electron chi connectivity index (χ0n) is 18.8. The maximum Gasteiger partial charge on any atom is -0.0362 e. The summed E-state index contributed by atoms with van der Waals surface area (Å²) in [5.74, 6) is 5.94. The highest BCUT2D eigenvalue weighted by molar-refractivity contribution is 4.81. The Hall–Kier alpha value is 0. The third-order valence-corrected chi connectivity index (χ3v) is 7.90. The van der Waals surface area contributed by atoms with Crippen molar-refractivity contribution in [3.05, 3.63) is 0 Å². The van der Waals surface area contributed by atoms with Gasteiger partial charge in [0.1, 0.15) is 0 Å². The van der Waals surface area contributed by atoms with Gasteiger partial charge in [0, 0.05) is 0 Å². The highest BCUT2D eigenvalue weighted by Crippen LogP contribution is 2.41. The second kappa shape index (κ2) is 12.5. The van der Waals surface area contributed by atoms with E-state index in [2.05, 4.69) is 27.7 Å². The van der Waals surface area contributed by atoms with E-state index in [9.17, 15) is 0 Å². The smallest absolute Gasteiger partial charge is 0.0362 e. The Bertz CT molecular complexity index is 338. The van der Waals surface area contributed by atoms with Crippen molar-refractivity contribution < 1.29 is 0 Å². The van der Waals surface area contributed by atoms with Crippen LogP contribution in [0, 0.1) is 35.5 Å². The van der Waals surface area contributed by atoms with Crippen LogP contribution in [0.15, 0.2) is 0 Å². The van der Waals surface area contributed by atoms with Crippen molar-refractivity contribution in [1.82, 2.24) is 0 Å². The summed E-state index contributed by atoms with van der Waals surface area (Å²) in [6.07, 6.45) is 24.1. The Labute approximate surface area is 166 Å². The van der Waals surface area contributed by atoms with Crippen LogP contribution in [-0.2, 0) is 0 Å². The van der Waals surface area contributed by atoms with Gasteiger partial charge in [-0.3, -0.25) is 0 Å². The molecule has 0 amide bonds. The first kappa shape index (κ1) is 22.3. The molecule has 0 aromatic rings. The number of hydrogen-bond acceptors (Lipinski definition) is 0. The molecule has 2 aliphatic carbocycles. The van der Waals surface area contributed by atoms with E-state index in [1.807, 2.05) is 0 Å². The lowest BCUT2D eigenvalue weighted by Crippen LogP contribution is -2.29. The lowest BCUT2D eigenvalue weighted by Gasteiger charge is -2.38. The molecule has 0 aliphatic heterocycles. The molecule has 0 radical (unpaired) electrons. The molecule has 0 spiro atoms. The average molecular weight is 363 g/mol. The molecular formula is C26H50. The monoisotopic (exact) mass is 362 g/mol. The van der Waals surface area contributed by atoms with Crippen molar-refractivity contribution in [2.75, 3.05) is 0 Å². The van der Waals surface area contributed by atoms with Crippen molar-refractivity contribution in [3.63, 3.8) is 0 Å². The van der Waals surface area contributed by atoms with Crippen LogP contribution in [0.1, 0.15) is 130 Å². The Kier molecular flexibility index (Phi) is 10.7. The fourth-order valence-corrected chi connectivity index (χ4v) is 6.24. The van der Waals surface area contributed by atoms with Gasteiger partial charge in [-0.2, -0.15) is 0 Å². The Balaban J connectivity index is 1.50. The molecule has 154 valence electrons. The number of unbranched alkanes of at least 4 members (excludes halogenated alkanes) is 4. The van der Waals surface area contributed by atoms with Crippen molar-refractivity contribution in [1.29, 1.82) is 0 Å². The van der Waals surface area contributed by atoms with Gasteiger partial charge in [-0.1, -0.05) is 111 Å². The molecule has 0 aromatic heterocycles. The molecule has 4 atom stereocenters. The summed E-state index contributed by atoms with van der Waals surface area (Å²) < 4.78 is 0. The van der Waals surface area contributed by atoms with E-state index in [0.29, 0.717) is 0 Å². The van der Waals surface area contributed by atoms with Crippen molar-refractivity contribution in [2.45, 2.75) is 130 Å². The van der Waals surface area contributed by atoms with Gasteiger partial charge >= 0.3 is 0 Å². The molecule has 0 bridgehead atoms. The normalized spacial score (nSPS) is 29.2. The highest BCUT2D eigenvalue weighted by atomic mass is 14.4. The van der Waals surface area contributed by atoms with Crippen LogP contribution in [0.5, 0.6) is 0 Å². The van der Waals surface area contributed by atoms with E-state index in [0.717, 1.165) is 35.5 Å². The zero-order chi connectivity index (χ0) is 18.8. The molecule has 0 nitrogen and oxygen atoms in total. The molecular weight excluding hydrogens is 312 g/mol. The lowest BCUT2D eigenvalue weighted by molar-refractivity contribution is 0.120. The molecule has 2 aliphatic rings. The van der Waals surface area contributed by atoms with E-state index in [1.54, 1.807) is 0 Å². The van der Waals surface area contributed by atoms with Gasteiger partial charge < -0.3 is 0 Å². The average Bonchev–Trinajstić information content (AvgIpc) is 2.61. The standard InChI is InChI=1S/C26H50/c1-21(2)26-18-17-23(4)20-25(26)19-22(3)13-9-6-5-7-10-14-24-15-11-8-12-16-24/h21-26H,5-20H2,1-4H3.